The van der Waals surface area contributed by atoms with Gasteiger partial charge in [-0.2, -0.15) is 0 Å². The van der Waals surface area contributed by atoms with E-state index < -0.39 is 0 Å². The van der Waals surface area contributed by atoms with Gasteiger partial charge in [0.2, 0.25) is 0 Å². The molecule has 0 saturated carbocycles. The number of nitrogens with zero attached hydrogens (tertiary/aromatic N) is 1. The Hall–Kier alpha value is -0.630. The van der Waals surface area contributed by atoms with Crippen molar-refractivity contribution in [1.29, 1.82) is 0 Å². The van der Waals surface area contributed by atoms with E-state index in [1.807, 2.05) is 0 Å². The van der Waals surface area contributed by atoms with Crippen LogP contribution in [0.25, 0.3) is 0 Å². The predicted octanol–water partition coefficient (Wildman–Crippen LogP) is 2.25. The first kappa shape index (κ1) is 11.4. The Labute approximate surface area is 87.0 Å². The summed E-state index contributed by atoms with van der Waals surface area (Å²) in [6.07, 6.45) is 4.22. The lowest BCUT2D eigenvalue weighted by atomic mass is 9.90. The van der Waals surface area contributed by atoms with Gasteiger partial charge in [-0.25, -0.2) is 0 Å². The molecule has 14 heavy (non-hydrogen) atoms. The number of piperidine rings is 1. The summed E-state index contributed by atoms with van der Waals surface area (Å²) in [4.78, 5) is 12.9. The lowest BCUT2D eigenvalue weighted by Gasteiger charge is -2.34. The molecule has 1 heterocycles. The van der Waals surface area contributed by atoms with Crippen molar-refractivity contribution in [2.45, 2.75) is 39.2 Å². The molecule has 2 heteroatoms. The van der Waals surface area contributed by atoms with Gasteiger partial charge >= 0.3 is 0 Å². The first-order valence-electron chi connectivity index (χ1n) is 5.50. The van der Waals surface area contributed by atoms with Crippen molar-refractivity contribution >= 4 is 6.29 Å². The van der Waals surface area contributed by atoms with Gasteiger partial charge in [-0.1, -0.05) is 6.58 Å². The van der Waals surface area contributed by atoms with Crippen LogP contribution in [-0.2, 0) is 4.79 Å². The fourth-order valence-electron chi connectivity index (χ4n) is 2.09. The number of likely N-dealkylation sites (tertiary alicyclic amines) is 1. The third kappa shape index (κ3) is 3.26. The van der Waals surface area contributed by atoms with Crippen LogP contribution in [0.3, 0.4) is 0 Å². The summed E-state index contributed by atoms with van der Waals surface area (Å²) in [6, 6.07) is 0.658. The van der Waals surface area contributed by atoms with Crippen molar-refractivity contribution in [3.05, 3.63) is 12.2 Å². The number of hydrogen-bond acceptors (Lipinski definition) is 2. The van der Waals surface area contributed by atoms with Crippen LogP contribution in [0.2, 0.25) is 0 Å². The average molecular weight is 195 g/mol. The van der Waals surface area contributed by atoms with Gasteiger partial charge in [0.05, 0.1) is 0 Å². The zero-order valence-electron chi connectivity index (χ0n) is 9.33. The molecule has 80 valence electrons. The summed E-state index contributed by atoms with van der Waals surface area (Å²) in [5.74, 6) is 0.683. The van der Waals surface area contributed by atoms with Crippen molar-refractivity contribution in [2.75, 3.05) is 13.1 Å². The van der Waals surface area contributed by atoms with Gasteiger partial charge in [0.1, 0.15) is 6.29 Å². The molecule has 1 fully saturated rings. The maximum atomic E-state index is 10.4. The lowest BCUT2D eigenvalue weighted by Crippen LogP contribution is -2.38. The minimum Gasteiger partial charge on any atom is -0.301 e. The van der Waals surface area contributed by atoms with Crippen LogP contribution >= 0.6 is 0 Å². The molecule has 0 aromatic rings. The van der Waals surface area contributed by atoms with Crippen molar-refractivity contribution in [3.8, 4) is 0 Å². The molecule has 0 N–H and O–H groups in total. The fourth-order valence-corrected chi connectivity index (χ4v) is 2.09. The standard InChI is InChI=1S/C12H21NO/c1-10(2)13-6-4-12(5-7-13)8-11(3)9-14/h9-10,12H,3-8H2,1-2H3. The highest BCUT2D eigenvalue weighted by molar-refractivity contribution is 5.71. The van der Waals surface area contributed by atoms with Crippen LogP contribution in [-0.4, -0.2) is 30.3 Å². The van der Waals surface area contributed by atoms with E-state index in [-0.39, 0.29) is 0 Å². The molecule has 1 saturated heterocycles. The highest BCUT2D eigenvalue weighted by atomic mass is 16.1. The molecule has 0 aromatic heterocycles. The number of aldehydes is 1. The number of rotatable bonds is 4. The highest BCUT2D eigenvalue weighted by Gasteiger charge is 2.20. The van der Waals surface area contributed by atoms with Gasteiger partial charge in [-0.3, -0.25) is 4.79 Å². The van der Waals surface area contributed by atoms with Crippen LogP contribution in [0, 0.1) is 5.92 Å². The highest BCUT2D eigenvalue weighted by Crippen LogP contribution is 2.23. The second-order valence-electron chi connectivity index (χ2n) is 4.55. The van der Waals surface area contributed by atoms with Gasteiger partial charge in [-0.05, 0) is 57.7 Å². The monoisotopic (exact) mass is 195 g/mol. The molecule has 1 aliphatic heterocycles. The van der Waals surface area contributed by atoms with Gasteiger partial charge < -0.3 is 4.90 Å². The Morgan fingerprint density at radius 2 is 2.07 bits per heavy atom. The average Bonchev–Trinajstić information content (AvgIpc) is 2.18. The lowest BCUT2D eigenvalue weighted by molar-refractivity contribution is -0.105. The van der Waals surface area contributed by atoms with E-state index in [0.29, 0.717) is 12.0 Å². The second kappa shape index (κ2) is 5.30. The molecule has 1 aliphatic rings. The topological polar surface area (TPSA) is 20.3 Å². The number of hydrogen-bond donors (Lipinski definition) is 0. The molecule has 0 atom stereocenters. The molecule has 0 amide bonds. The molecular weight excluding hydrogens is 174 g/mol. The maximum absolute atomic E-state index is 10.4. The third-order valence-corrected chi connectivity index (χ3v) is 3.10. The van der Waals surface area contributed by atoms with Crippen molar-refractivity contribution in [3.63, 3.8) is 0 Å². The molecule has 0 bridgehead atoms. The largest absolute Gasteiger partial charge is 0.301 e. The summed E-state index contributed by atoms with van der Waals surface area (Å²) < 4.78 is 0. The van der Waals surface area contributed by atoms with Crippen LogP contribution in [0.1, 0.15) is 33.1 Å². The summed E-state index contributed by atoms with van der Waals surface area (Å²) in [5, 5.41) is 0. The summed E-state index contributed by atoms with van der Waals surface area (Å²) in [7, 11) is 0. The van der Waals surface area contributed by atoms with E-state index in [2.05, 4.69) is 25.3 Å². The summed E-state index contributed by atoms with van der Waals surface area (Å²) >= 11 is 0. The zero-order valence-corrected chi connectivity index (χ0v) is 9.33. The third-order valence-electron chi connectivity index (χ3n) is 3.10. The van der Waals surface area contributed by atoms with Gasteiger partial charge in [0.25, 0.3) is 0 Å². The van der Waals surface area contributed by atoms with Crippen LogP contribution < -0.4 is 0 Å². The number of carbonyl (C=O) groups excluding carboxylic acids is 1. The number of carbonyl (C=O) groups is 1. The molecule has 0 radical (unpaired) electrons. The van der Waals surface area contributed by atoms with Crippen LogP contribution in [0.5, 0.6) is 0 Å². The Kier molecular flexibility index (Phi) is 4.33. The summed E-state index contributed by atoms with van der Waals surface area (Å²) in [5.41, 5.74) is 0.757. The SMILES string of the molecule is C=C(C=O)CC1CCN(C(C)C)CC1. The van der Waals surface area contributed by atoms with E-state index in [1.165, 1.54) is 25.9 Å². The molecule has 2 nitrogen and oxygen atoms in total. The Balaban J connectivity index is 2.28. The molecule has 0 spiro atoms. The van der Waals surface area contributed by atoms with E-state index in [0.717, 1.165) is 18.3 Å². The van der Waals surface area contributed by atoms with E-state index in [4.69, 9.17) is 0 Å². The number of allylic oxidation sites excluding steroid dienone is 1. The van der Waals surface area contributed by atoms with Crippen molar-refractivity contribution in [2.24, 2.45) is 5.92 Å². The quantitative estimate of drug-likeness (QED) is 0.506. The Morgan fingerprint density at radius 1 is 1.50 bits per heavy atom. The van der Waals surface area contributed by atoms with Crippen molar-refractivity contribution < 1.29 is 4.79 Å². The Morgan fingerprint density at radius 3 is 2.50 bits per heavy atom. The zero-order chi connectivity index (χ0) is 10.6. The molecule has 0 unspecified atom stereocenters. The Bertz CT molecular complexity index is 202. The van der Waals surface area contributed by atoms with Crippen LogP contribution in [0.4, 0.5) is 0 Å². The molecule has 1 rings (SSSR count). The minimum absolute atomic E-state index is 0.658. The van der Waals surface area contributed by atoms with Gasteiger partial charge in [-0.15, -0.1) is 0 Å². The smallest absolute Gasteiger partial charge is 0.145 e. The molecule has 0 aromatic carbocycles. The van der Waals surface area contributed by atoms with Crippen molar-refractivity contribution in [1.82, 2.24) is 4.90 Å². The fraction of sp³-hybridized carbons (Fsp3) is 0.750. The first-order chi connectivity index (χ1) is 6.63. The van der Waals surface area contributed by atoms with Gasteiger partial charge in [0.15, 0.2) is 0 Å². The molecule has 0 aliphatic carbocycles. The van der Waals surface area contributed by atoms with Gasteiger partial charge in [0, 0.05) is 6.04 Å². The summed E-state index contributed by atoms with van der Waals surface area (Å²) in [6.45, 7) is 10.6. The van der Waals surface area contributed by atoms with E-state index in [1.54, 1.807) is 0 Å². The first-order valence-corrected chi connectivity index (χ1v) is 5.50. The predicted molar refractivity (Wildman–Crippen MR) is 59.3 cm³/mol. The molecular formula is C12H21NO. The normalized spacial score (nSPS) is 19.9. The minimum atomic E-state index is 0.658. The van der Waals surface area contributed by atoms with E-state index >= 15 is 0 Å². The maximum Gasteiger partial charge on any atom is 0.145 e. The van der Waals surface area contributed by atoms with E-state index in [9.17, 15) is 4.79 Å². The second-order valence-corrected chi connectivity index (χ2v) is 4.55. The van der Waals surface area contributed by atoms with Crippen LogP contribution in [0.15, 0.2) is 12.2 Å².